The van der Waals surface area contributed by atoms with Crippen molar-refractivity contribution < 1.29 is 8.78 Å². The molecule has 0 aliphatic rings. The highest BCUT2D eigenvalue weighted by molar-refractivity contribution is 5.71. The van der Waals surface area contributed by atoms with Crippen LogP contribution in [0.5, 0.6) is 0 Å². The zero-order chi connectivity index (χ0) is 14.1. The van der Waals surface area contributed by atoms with Crippen molar-refractivity contribution in [2.75, 3.05) is 5.73 Å². The zero-order valence-corrected chi connectivity index (χ0v) is 10.3. The van der Waals surface area contributed by atoms with Gasteiger partial charge in [0, 0.05) is 5.56 Å². The molecule has 100 valence electrons. The Morgan fingerprint density at radius 1 is 1.00 bits per heavy atom. The van der Waals surface area contributed by atoms with E-state index in [1.54, 1.807) is 12.1 Å². The van der Waals surface area contributed by atoms with Gasteiger partial charge in [0.05, 0.1) is 5.69 Å². The zero-order valence-electron chi connectivity index (χ0n) is 10.3. The summed E-state index contributed by atoms with van der Waals surface area (Å²) in [5.74, 6) is -1.01. The lowest BCUT2D eigenvalue weighted by molar-refractivity contribution is 0.602. The van der Waals surface area contributed by atoms with Crippen molar-refractivity contribution in [3.8, 4) is 16.9 Å². The Kier molecular flexibility index (Phi) is 2.90. The first kappa shape index (κ1) is 12.3. The Labute approximate surface area is 113 Å². The summed E-state index contributed by atoms with van der Waals surface area (Å²) >= 11 is 0. The number of benzene rings is 2. The number of para-hydroxylation sites is 1. The molecule has 0 saturated carbocycles. The lowest BCUT2D eigenvalue weighted by atomic mass is 10.1. The molecule has 3 aromatic rings. The average molecular weight is 272 g/mol. The van der Waals surface area contributed by atoms with Crippen molar-refractivity contribution >= 4 is 5.82 Å². The normalized spacial score (nSPS) is 10.7. The molecule has 0 aliphatic carbocycles. The van der Waals surface area contributed by atoms with Crippen LogP contribution in [0, 0.1) is 11.6 Å². The second kappa shape index (κ2) is 4.73. The Hall–Kier alpha value is -2.76. The fourth-order valence-electron chi connectivity index (χ4n) is 1.92. The fraction of sp³-hybridized carbons (Fsp3) is 0. The molecule has 0 bridgehead atoms. The Balaban J connectivity index is 2.14. The molecule has 0 radical (unpaired) electrons. The summed E-state index contributed by atoms with van der Waals surface area (Å²) in [6.07, 6.45) is 0. The van der Waals surface area contributed by atoms with Crippen molar-refractivity contribution in [3.63, 3.8) is 0 Å². The van der Waals surface area contributed by atoms with E-state index in [1.165, 1.54) is 4.68 Å². The van der Waals surface area contributed by atoms with E-state index in [9.17, 15) is 8.78 Å². The molecule has 6 heteroatoms. The van der Waals surface area contributed by atoms with Crippen LogP contribution >= 0.6 is 0 Å². The van der Waals surface area contributed by atoms with Crippen molar-refractivity contribution in [1.82, 2.24) is 15.0 Å². The largest absolute Gasteiger partial charge is 0.382 e. The van der Waals surface area contributed by atoms with Gasteiger partial charge >= 0.3 is 0 Å². The van der Waals surface area contributed by atoms with Gasteiger partial charge in [-0.3, -0.25) is 0 Å². The van der Waals surface area contributed by atoms with Gasteiger partial charge in [0.2, 0.25) is 0 Å². The first-order valence-electron chi connectivity index (χ1n) is 5.89. The van der Waals surface area contributed by atoms with Crippen molar-refractivity contribution in [2.24, 2.45) is 0 Å². The summed E-state index contributed by atoms with van der Waals surface area (Å²) in [4.78, 5) is 0. The summed E-state index contributed by atoms with van der Waals surface area (Å²) in [7, 11) is 0. The minimum atomic E-state index is -0.599. The lowest BCUT2D eigenvalue weighted by Crippen LogP contribution is -2.02. The number of hydrogen-bond donors (Lipinski definition) is 1. The number of anilines is 1. The standard InChI is InChI=1S/C14H10F2N4/c15-9-6-7-12(16)11(8-9)13-14(17)20(19-18-13)10-4-2-1-3-5-10/h1-8H,17H2. The number of nitrogens with zero attached hydrogens (tertiary/aromatic N) is 3. The fourth-order valence-corrected chi connectivity index (χ4v) is 1.92. The topological polar surface area (TPSA) is 56.7 Å². The van der Waals surface area contributed by atoms with Crippen molar-refractivity contribution in [1.29, 1.82) is 0 Å². The highest BCUT2D eigenvalue weighted by Gasteiger charge is 2.16. The minimum absolute atomic E-state index is 0.00955. The molecule has 2 aromatic carbocycles. The van der Waals surface area contributed by atoms with Crippen molar-refractivity contribution in [3.05, 3.63) is 60.2 Å². The monoisotopic (exact) mass is 272 g/mol. The van der Waals surface area contributed by atoms with Gasteiger partial charge in [0.15, 0.2) is 5.82 Å². The van der Waals surface area contributed by atoms with E-state index < -0.39 is 11.6 Å². The minimum Gasteiger partial charge on any atom is -0.382 e. The van der Waals surface area contributed by atoms with Crippen LogP contribution in [-0.2, 0) is 0 Å². The van der Waals surface area contributed by atoms with Crippen LogP contribution < -0.4 is 5.73 Å². The van der Waals surface area contributed by atoms with Crippen LogP contribution in [0.3, 0.4) is 0 Å². The molecule has 0 fully saturated rings. The number of hydrogen-bond acceptors (Lipinski definition) is 3. The highest BCUT2D eigenvalue weighted by atomic mass is 19.1. The molecule has 2 N–H and O–H groups in total. The predicted octanol–water partition coefficient (Wildman–Crippen LogP) is 2.79. The van der Waals surface area contributed by atoms with Gasteiger partial charge in [0.1, 0.15) is 17.3 Å². The summed E-state index contributed by atoms with van der Waals surface area (Å²) in [5, 5.41) is 7.73. The number of nitrogens with two attached hydrogens (primary N) is 1. The molecular weight excluding hydrogens is 262 g/mol. The summed E-state index contributed by atoms with van der Waals surface area (Å²) in [5.41, 5.74) is 6.74. The molecule has 0 unspecified atom stereocenters. The predicted molar refractivity (Wildman–Crippen MR) is 71.1 cm³/mol. The van der Waals surface area contributed by atoms with E-state index in [2.05, 4.69) is 10.3 Å². The second-order valence-corrected chi connectivity index (χ2v) is 4.19. The first-order valence-corrected chi connectivity index (χ1v) is 5.89. The van der Waals surface area contributed by atoms with Crippen molar-refractivity contribution in [2.45, 2.75) is 0 Å². The van der Waals surface area contributed by atoms with E-state index in [-0.39, 0.29) is 17.1 Å². The van der Waals surface area contributed by atoms with Gasteiger partial charge in [-0.25, -0.2) is 8.78 Å². The van der Waals surface area contributed by atoms with Gasteiger partial charge in [-0.05, 0) is 30.3 Å². The quantitative estimate of drug-likeness (QED) is 0.780. The van der Waals surface area contributed by atoms with Crippen LogP contribution in [0.1, 0.15) is 0 Å². The molecule has 0 atom stereocenters. The Morgan fingerprint density at radius 2 is 1.75 bits per heavy atom. The first-order chi connectivity index (χ1) is 9.66. The average Bonchev–Trinajstić information content (AvgIpc) is 2.84. The van der Waals surface area contributed by atoms with Gasteiger partial charge in [0.25, 0.3) is 0 Å². The number of nitrogen functional groups attached to an aromatic ring is 1. The van der Waals surface area contributed by atoms with Crippen LogP contribution in [0.2, 0.25) is 0 Å². The van der Waals surface area contributed by atoms with Gasteiger partial charge in [-0.2, -0.15) is 4.68 Å². The molecule has 1 aromatic heterocycles. The maximum absolute atomic E-state index is 13.7. The van der Waals surface area contributed by atoms with Crippen LogP contribution in [-0.4, -0.2) is 15.0 Å². The maximum Gasteiger partial charge on any atom is 0.156 e. The molecule has 0 aliphatic heterocycles. The molecule has 1 heterocycles. The SMILES string of the molecule is Nc1c(-c2cc(F)ccc2F)nnn1-c1ccccc1. The van der Waals surface area contributed by atoms with E-state index >= 15 is 0 Å². The summed E-state index contributed by atoms with van der Waals surface area (Å²) in [6.45, 7) is 0. The van der Waals surface area contributed by atoms with Crippen LogP contribution in [0.15, 0.2) is 48.5 Å². The third kappa shape index (κ3) is 2.01. The van der Waals surface area contributed by atoms with Gasteiger partial charge in [-0.15, -0.1) is 5.10 Å². The van der Waals surface area contributed by atoms with E-state index in [0.717, 1.165) is 18.2 Å². The molecule has 0 saturated heterocycles. The molecule has 3 rings (SSSR count). The van der Waals surface area contributed by atoms with Crippen LogP contribution in [0.25, 0.3) is 16.9 Å². The number of rotatable bonds is 2. The highest BCUT2D eigenvalue weighted by Crippen LogP contribution is 2.28. The van der Waals surface area contributed by atoms with E-state index in [4.69, 9.17) is 5.73 Å². The summed E-state index contributed by atoms with van der Waals surface area (Å²) < 4.78 is 28.4. The molecule has 0 amide bonds. The maximum atomic E-state index is 13.7. The second-order valence-electron chi connectivity index (χ2n) is 4.19. The molecule has 20 heavy (non-hydrogen) atoms. The summed E-state index contributed by atoms with van der Waals surface area (Å²) in [6, 6.07) is 12.2. The van der Waals surface area contributed by atoms with Crippen LogP contribution in [0.4, 0.5) is 14.6 Å². The smallest absolute Gasteiger partial charge is 0.156 e. The lowest BCUT2D eigenvalue weighted by Gasteiger charge is -2.04. The third-order valence-corrected chi connectivity index (χ3v) is 2.89. The number of aromatic nitrogens is 3. The molecule has 0 spiro atoms. The Bertz CT molecular complexity index is 753. The Morgan fingerprint density at radius 3 is 2.50 bits per heavy atom. The van der Waals surface area contributed by atoms with Gasteiger partial charge < -0.3 is 5.73 Å². The molecule has 4 nitrogen and oxygen atoms in total. The van der Waals surface area contributed by atoms with Gasteiger partial charge in [-0.1, -0.05) is 23.4 Å². The van der Waals surface area contributed by atoms with E-state index in [0.29, 0.717) is 5.69 Å². The third-order valence-electron chi connectivity index (χ3n) is 2.89. The number of halogens is 2. The van der Waals surface area contributed by atoms with E-state index in [1.807, 2.05) is 18.2 Å². The molecular formula is C14H10F2N4.